The molecule has 0 spiro atoms. The minimum atomic E-state index is -3.83. The average molecular weight is 401 g/mol. The largest absolute Gasteiger partial charge is 0.288 e. The standard InChI is InChI=1S/C20H17ClN2O3S/c1-13-3-7-16(8-4-13)27(25,26)23-18-9-5-14(2)11-17(18)20(24)15-6-10-19(21)22-12-15/h3-12,23H,1-2H3. The van der Waals surface area contributed by atoms with Crippen molar-refractivity contribution in [2.45, 2.75) is 18.7 Å². The Morgan fingerprint density at radius 3 is 2.26 bits per heavy atom. The van der Waals surface area contributed by atoms with Gasteiger partial charge in [0.15, 0.2) is 5.78 Å². The zero-order chi connectivity index (χ0) is 19.6. The summed E-state index contributed by atoms with van der Waals surface area (Å²) < 4.78 is 27.9. The van der Waals surface area contributed by atoms with Crippen molar-refractivity contribution in [1.29, 1.82) is 0 Å². The van der Waals surface area contributed by atoms with E-state index in [9.17, 15) is 13.2 Å². The van der Waals surface area contributed by atoms with Crippen molar-refractivity contribution < 1.29 is 13.2 Å². The number of ketones is 1. The minimum Gasteiger partial charge on any atom is -0.288 e. The maximum Gasteiger partial charge on any atom is 0.261 e. The summed E-state index contributed by atoms with van der Waals surface area (Å²) in [5.74, 6) is -0.343. The fourth-order valence-corrected chi connectivity index (χ4v) is 3.71. The monoisotopic (exact) mass is 400 g/mol. The van der Waals surface area contributed by atoms with E-state index in [2.05, 4.69) is 9.71 Å². The smallest absolute Gasteiger partial charge is 0.261 e. The van der Waals surface area contributed by atoms with Crippen LogP contribution >= 0.6 is 11.6 Å². The lowest BCUT2D eigenvalue weighted by molar-refractivity contribution is 0.103. The summed E-state index contributed by atoms with van der Waals surface area (Å²) in [4.78, 5) is 16.9. The number of hydrogen-bond donors (Lipinski definition) is 1. The SMILES string of the molecule is Cc1ccc(S(=O)(=O)Nc2ccc(C)cc2C(=O)c2ccc(Cl)nc2)cc1. The third kappa shape index (κ3) is 4.35. The van der Waals surface area contributed by atoms with Crippen LogP contribution in [-0.2, 0) is 10.0 Å². The van der Waals surface area contributed by atoms with Gasteiger partial charge in [0.25, 0.3) is 10.0 Å². The highest BCUT2D eigenvalue weighted by Gasteiger charge is 2.20. The molecule has 0 saturated carbocycles. The van der Waals surface area contributed by atoms with E-state index >= 15 is 0 Å². The van der Waals surface area contributed by atoms with Crippen molar-refractivity contribution in [3.8, 4) is 0 Å². The van der Waals surface area contributed by atoms with Crippen LogP contribution in [0.15, 0.2) is 65.7 Å². The Labute approximate surface area is 163 Å². The number of aromatic nitrogens is 1. The summed E-state index contributed by atoms with van der Waals surface area (Å²) in [7, 11) is -3.83. The lowest BCUT2D eigenvalue weighted by Crippen LogP contribution is -2.16. The van der Waals surface area contributed by atoms with Gasteiger partial charge in [0.05, 0.1) is 10.6 Å². The number of halogens is 1. The maximum atomic E-state index is 12.9. The lowest BCUT2D eigenvalue weighted by atomic mass is 10.0. The number of nitrogens with zero attached hydrogens (tertiary/aromatic N) is 1. The second-order valence-electron chi connectivity index (χ2n) is 6.17. The molecule has 1 aromatic heterocycles. The molecule has 27 heavy (non-hydrogen) atoms. The van der Waals surface area contributed by atoms with Crippen LogP contribution in [0.3, 0.4) is 0 Å². The molecule has 0 radical (unpaired) electrons. The quantitative estimate of drug-likeness (QED) is 0.509. The normalized spacial score (nSPS) is 11.2. The van der Waals surface area contributed by atoms with Crippen LogP contribution in [0.1, 0.15) is 27.0 Å². The highest BCUT2D eigenvalue weighted by atomic mass is 35.5. The minimum absolute atomic E-state index is 0.125. The number of rotatable bonds is 5. The first-order chi connectivity index (χ1) is 12.8. The molecule has 0 atom stereocenters. The van der Waals surface area contributed by atoms with Crippen LogP contribution in [0, 0.1) is 13.8 Å². The number of aryl methyl sites for hydroxylation is 2. The van der Waals surface area contributed by atoms with Crippen LogP contribution in [0.5, 0.6) is 0 Å². The Bertz CT molecular complexity index is 1090. The van der Waals surface area contributed by atoms with Crippen LogP contribution < -0.4 is 4.72 Å². The van der Waals surface area contributed by atoms with Gasteiger partial charge in [-0.15, -0.1) is 0 Å². The summed E-state index contributed by atoms with van der Waals surface area (Å²) in [6.07, 6.45) is 1.37. The van der Waals surface area contributed by atoms with Gasteiger partial charge >= 0.3 is 0 Å². The highest BCUT2D eigenvalue weighted by Crippen LogP contribution is 2.24. The fraction of sp³-hybridized carbons (Fsp3) is 0.100. The van der Waals surface area contributed by atoms with Crippen LogP contribution in [0.25, 0.3) is 0 Å². The average Bonchev–Trinajstić information content (AvgIpc) is 2.63. The lowest BCUT2D eigenvalue weighted by Gasteiger charge is -2.13. The first-order valence-electron chi connectivity index (χ1n) is 8.13. The molecule has 1 heterocycles. The van der Waals surface area contributed by atoms with E-state index in [0.29, 0.717) is 5.56 Å². The Kier molecular flexibility index (Phi) is 5.30. The molecule has 2 aromatic carbocycles. The second kappa shape index (κ2) is 7.50. The molecule has 0 saturated heterocycles. The third-order valence-electron chi connectivity index (χ3n) is 3.98. The van der Waals surface area contributed by atoms with Gasteiger partial charge in [-0.3, -0.25) is 9.52 Å². The molecular formula is C20H17ClN2O3S. The maximum absolute atomic E-state index is 12.9. The predicted molar refractivity (Wildman–Crippen MR) is 106 cm³/mol. The zero-order valence-electron chi connectivity index (χ0n) is 14.7. The van der Waals surface area contributed by atoms with E-state index in [1.54, 1.807) is 36.4 Å². The van der Waals surface area contributed by atoms with Crippen LogP contribution in [0.2, 0.25) is 5.15 Å². The number of carbonyl (C=O) groups is 1. The first-order valence-corrected chi connectivity index (χ1v) is 9.99. The van der Waals surface area contributed by atoms with E-state index < -0.39 is 10.0 Å². The van der Waals surface area contributed by atoms with Crippen LogP contribution in [0.4, 0.5) is 5.69 Å². The Morgan fingerprint density at radius 2 is 1.63 bits per heavy atom. The molecule has 0 bridgehead atoms. The molecule has 3 rings (SSSR count). The molecule has 0 fully saturated rings. The molecule has 3 aromatic rings. The third-order valence-corrected chi connectivity index (χ3v) is 5.59. The van der Waals surface area contributed by atoms with Crippen molar-refractivity contribution in [1.82, 2.24) is 4.98 Å². The van der Waals surface area contributed by atoms with E-state index in [-0.39, 0.29) is 27.1 Å². The van der Waals surface area contributed by atoms with Crippen molar-refractivity contribution in [3.63, 3.8) is 0 Å². The molecule has 0 aliphatic carbocycles. The molecule has 1 N–H and O–H groups in total. The number of carbonyl (C=O) groups excluding carboxylic acids is 1. The van der Waals surface area contributed by atoms with Gasteiger partial charge in [-0.25, -0.2) is 13.4 Å². The molecular weight excluding hydrogens is 384 g/mol. The first kappa shape index (κ1) is 19.1. The predicted octanol–water partition coefficient (Wildman–Crippen LogP) is 4.38. The molecule has 0 aliphatic rings. The molecule has 0 unspecified atom stereocenters. The number of anilines is 1. The zero-order valence-corrected chi connectivity index (χ0v) is 16.3. The van der Waals surface area contributed by atoms with Gasteiger partial charge in [-0.2, -0.15) is 0 Å². The van der Waals surface area contributed by atoms with Crippen molar-refractivity contribution >= 4 is 33.1 Å². The van der Waals surface area contributed by atoms with Gasteiger partial charge in [-0.1, -0.05) is 40.9 Å². The van der Waals surface area contributed by atoms with Gasteiger partial charge in [0.1, 0.15) is 5.15 Å². The Morgan fingerprint density at radius 1 is 0.963 bits per heavy atom. The highest BCUT2D eigenvalue weighted by molar-refractivity contribution is 7.92. The fourth-order valence-electron chi connectivity index (χ4n) is 2.52. The van der Waals surface area contributed by atoms with E-state index in [1.807, 2.05) is 13.8 Å². The number of hydrogen-bond acceptors (Lipinski definition) is 4. The summed E-state index contributed by atoms with van der Waals surface area (Å²) >= 11 is 5.77. The molecule has 5 nitrogen and oxygen atoms in total. The Hall–Kier alpha value is -2.70. The van der Waals surface area contributed by atoms with Crippen molar-refractivity contribution in [2.75, 3.05) is 4.72 Å². The van der Waals surface area contributed by atoms with E-state index in [0.717, 1.165) is 11.1 Å². The summed E-state index contributed by atoms with van der Waals surface area (Å²) in [6.45, 7) is 3.70. The van der Waals surface area contributed by atoms with Crippen molar-refractivity contribution in [3.05, 3.63) is 88.2 Å². The topological polar surface area (TPSA) is 76.1 Å². The molecule has 7 heteroatoms. The van der Waals surface area contributed by atoms with E-state index in [1.165, 1.54) is 24.4 Å². The van der Waals surface area contributed by atoms with Gasteiger partial charge in [0, 0.05) is 17.3 Å². The second-order valence-corrected chi connectivity index (χ2v) is 8.24. The summed E-state index contributed by atoms with van der Waals surface area (Å²) in [5.41, 5.74) is 2.56. The number of sulfonamides is 1. The number of nitrogens with one attached hydrogen (secondary N) is 1. The summed E-state index contributed by atoms with van der Waals surface area (Å²) in [5, 5.41) is 0.274. The Balaban J connectivity index is 2.00. The summed E-state index contributed by atoms with van der Waals surface area (Å²) in [6, 6.07) is 14.5. The molecule has 0 aliphatic heterocycles. The van der Waals surface area contributed by atoms with Crippen molar-refractivity contribution in [2.24, 2.45) is 0 Å². The number of benzene rings is 2. The van der Waals surface area contributed by atoms with Gasteiger partial charge in [0.2, 0.25) is 0 Å². The van der Waals surface area contributed by atoms with E-state index in [4.69, 9.17) is 11.6 Å². The number of pyridine rings is 1. The molecule has 138 valence electrons. The van der Waals surface area contributed by atoms with Gasteiger partial charge < -0.3 is 0 Å². The van der Waals surface area contributed by atoms with Crippen LogP contribution in [-0.4, -0.2) is 19.2 Å². The van der Waals surface area contributed by atoms with Gasteiger partial charge in [-0.05, 0) is 50.2 Å². The molecule has 0 amide bonds.